The number of nitrogens with one attached hydrogen (secondary N) is 2. The van der Waals surface area contributed by atoms with Crippen molar-refractivity contribution in [3.05, 3.63) is 65.2 Å². The molecule has 0 spiro atoms. The first-order chi connectivity index (χ1) is 10.1. The summed E-state index contributed by atoms with van der Waals surface area (Å²) in [5.41, 5.74) is 1.99. The van der Waals surface area contributed by atoms with E-state index in [1.54, 1.807) is 24.3 Å². The van der Waals surface area contributed by atoms with Crippen LogP contribution in [0.5, 0.6) is 0 Å². The summed E-state index contributed by atoms with van der Waals surface area (Å²) >= 11 is 5.83. The van der Waals surface area contributed by atoms with Gasteiger partial charge >= 0.3 is 0 Å². The van der Waals surface area contributed by atoms with Crippen molar-refractivity contribution in [2.45, 2.75) is 19.5 Å². The summed E-state index contributed by atoms with van der Waals surface area (Å²) in [7, 11) is 2.03. The topological polar surface area (TPSA) is 33.5 Å². The molecule has 2 aromatic rings. The first-order valence-corrected chi connectivity index (χ1v) is 7.36. The molecule has 0 aliphatic carbocycles. The van der Waals surface area contributed by atoms with E-state index in [1.807, 2.05) is 32.2 Å². The van der Waals surface area contributed by atoms with Crippen molar-refractivity contribution in [1.82, 2.24) is 0 Å². The van der Waals surface area contributed by atoms with Crippen LogP contribution in [0.15, 0.2) is 54.6 Å². The third-order valence-electron chi connectivity index (χ3n) is 3.57. The lowest BCUT2D eigenvalue weighted by Crippen LogP contribution is -3.12. The molecule has 2 N–H and O–H groups in total. The van der Waals surface area contributed by atoms with Gasteiger partial charge in [-0.2, -0.15) is 0 Å². The molecular formula is C17H20ClN2O+. The van der Waals surface area contributed by atoms with Crippen LogP contribution in [0.1, 0.15) is 12.5 Å². The molecule has 2 aromatic carbocycles. The number of benzene rings is 2. The summed E-state index contributed by atoms with van der Waals surface area (Å²) in [5.74, 6) is 0.00533. The van der Waals surface area contributed by atoms with Crippen molar-refractivity contribution in [3.63, 3.8) is 0 Å². The van der Waals surface area contributed by atoms with E-state index in [4.69, 9.17) is 11.6 Å². The van der Waals surface area contributed by atoms with Crippen molar-refractivity contribution in [3.8, 4) is 0 Å². The molecule has 0 aliphatic heterocycles. The van der Waals surface area contributed by atoms with Crippen molar-refractivity contribution < 1.29 is 9.69 Å². The number of halogens is 1. The van der Waals surface area contributed by atoms with Gasteiger partial charge in [0.25, 0.3) is 5.91 Å². The quantitative estimate of drug-likeness (QED) is 0.874. The molecule has 3 nitrogen and oxygen atoms in total. The van der Waals surface area contributed by atoms with E-state index in [2.05, 4.69) is 17.4 Å². The third kappa shape index (κ3) is 4.59. The summed E-state index contributed by atoms with van der Waals surface area (Å²) in [4.78, 5) is 13.4. The predicted molar refractivity (Wildman–Crippen MR) is 86.6 cm³/mol. The molecule has 21 heavy (non-hydrogen) atoms. The highest BCUT2D eigenvalue weighted by Crippen LogP contribution is 2.13. The van der Waals surface area contributed by atoms with Crippen LogP contribution >= 0.6 is 11.6 Å². The van der Waals surface area contributed by atoms with Gasteiger partial charge in [0, 0.05) is 16.3 Å². The average molecular weight is 304 g/mol. The first-order valence-electron chi connectivity index (χ1n) is 6.99. The molecule has 1 unspecified atom stereocenters. The Labute approximate surface area is 130 Å². The largest absolute Gasteiger partial charge is 0.324 e. The third-order valence-corrected chi connectivity index (χ3v) is 3.82. The van der Waals surface area contributed by atoms with Gasteiger partial charge in [0.1, 0.15) is 6.54 Å². The van der Waals surface area contributed by atoms with Gasteiger partial charge in [-0.25, -0.2) is 0 Å². The van der Waals surface area contributed by atoms with Crippen LogP contribution in [0.4, 0.5) is 5.69 Å². The molecule has 2 rings (SSSR count). The van der Waals surface area contributed by atoms with Crippen LogP contribution in [-0.4, -0.2) is 19.0 Å². The minimum absolute atomic E-state index is 0.00533. The summed E-state index contributed by atoms with van der Waals surface area (Å²) < 4.78 is 0. The van der Waals surface area contributed by atoms with Crippen LogP contribution in [0.25, 0.3) is 0 Å². The Morgan fingerprint density at radius 1 is 1.14 bits per heavy atom. The lowest BCUT2D eigenvalue weighted by atomic mass is 10.2. The van der Waals surface area contributed by atoms with Crippen molar-refractivity contribution in [2.24, 2.45) is 0 Å². The smallest absolute Gasteiger partial charge is 0.282 e. The Morgan fingerprint density at radius 2 is 1.76 bits per heavy atom. The molecular weight excluding hydrogens is 284 g/mol. The average Bonchev–Trinajstić information content (AvgIpc) is 2.49. The molecule has 0 aromatic heterocycles. The molecule has 2 atom stereocenters. The number of rotatable bonds is 5. The van der Waals surface area contributed by atoms with Gasteiger partial charge in [-0.05, 0) is 31.2 Å². The Morgan fingerprint density at radius 3 is 2.38 bits per heavy atom. The number of hydrogen-bond donors (Lipinski definition) is 2. The maximum absolute atomic E-state index is 12.3. The SMILES string of the molecule is C[C@@H](C(=O)Nc1ccc(Cl)cc1)[NH+](C)Cc1ccccc1. The maximum atomic E-state index is 12.3. The van der Waals surface area contributed by atoms with Crippen LogP contribution in [0.3, 0.4) is 0 Å². The number of hydrogen-bond acceptors (Lipinski definition) is 1. The fourth-order valence-corrected chi connectivity index (χ4v) is 2.20. The van der Waals surface area contributed by atoms with E-state index in [9.17, 15) is 4.79 Å². The van der Waals surface area contributed by atoms with Gasteiger partial charge in [0.15, 0.2) is 6.04 Å². The lowest BCUT2D eigenvalue weighted by molar-refractivity contribution is -0.907. The molecule has 0 aliphatic rings. The Hall–Kier alpha value is -1.84. The molecule has 0 saturated heterocycles. The zero-order chi connectivity index (χ0) is 15.2. The van der Waals surface area contributed by atoms with Crippen LogP contribution in [0, 0.1) is 0 Å². The molecule has 0 heterocycles. The second kappa shape index (κ2) is 7.25. The Kier molecular flexibility index (Phi) is 5.37. The van der Waals surface area contributed by atoms with Gasteiger partial charge in [-0.1, -0.05) is 41.9 Å². The normalized spacial score (nSPS) is 13.5. The zero-order valence-electron chi connectivity index (χ0n) is 12.3. The number of amides is 1. The second-order valence-electron chi connectivity index (χ2n) is 5.23. The van der Waals surface area contributed by atoms with Gasteiger partial charge in [0.2, 0.25) is 0 Å². The first kappa shape index (κ1) is 15.5. The fourth-order valence-electron chi connectivity index (χ4n) is 2.08. The monoisotopic (exact) mass is 303 g/mol. The maximum Gasteiger partial charge on any atom is 0.282 e. The van der Waals surface area contributed by atoms with E-state index in [-0.39, 0.29) is 11.9 Å². The standard InChI is InChI=1S/C17H19ClN2O/c1-13(20(2)12-14-6-4-3-5-7-14)17(21)19-16-10-8-15(18)9-11-16/h3-11,13H,12H2,1-2H3,(H,19,21)/p+1/t13-/m0/s1. The van der Waals surface area contributed by atoms with Gasteiger partial charge < -0.3 is 10.2 Å². The van der Waals surface area contributed by atoms with Gasteiger partial charge in [-0.15, -0.1) is 0 Å². The predicted octanol–water partition coefficient (Wildman–Crippen LogP) is 2.38. The van der Waals surface area contributed by atoms with Gasteiger partial charge in [0.05, 0.1) is 7.05 Å². The number of anilines is 1. The van der Waals surface area contributed by atoms with Crippen molar-refractivity contribution in [1.29, 1.82) is 0 Å². The highest BCUT2D eigenvalue weighted by Gasteiger charge is 2.21. The highest BCUT2D eigenvalue weighted by atomic mass is 35.5. The minimum atomic E-state index is -0.138. The summed E-state index contributed by atoms with van der Waals surface area (Å²) in [5, 5.41) is 3.58. The van der Waals surface area contributed by atoms with Crippen LogP contribution < -0.4 is 10.2 Å². The highest BCUT2D eigenvalue weighted by molar-refractivity contribution is 6.30. The van der Waals surface area contributed by atoms with E-state index < -0.39 is 0 Å². The minimum Gasteiger partial charge on any atom is -0.324 e. The van der Waals surface area contributed by atoms with E-state index in [1.165, 1.54) is 5.56 Å². The summed E-state index contributed by atoms with van der Waals surface area (Å²) in [6, 6.07) is 17.2. The molecule has 1 amide bonds. The molecule has 0 bridgehead atoms. The second-order valence-corrected chi connectivity index (χ2v) is 5.66. The van der Waals surface area contributed by atoms with Crippen molar-refractivity contribution in [2.75, 3.05) is 12.4 Å². The number of carbonyl (C=O) groups excluding carboxylic acids is 1. The fraction of sp³-hybridized carbons (Fsp3) is 0.235. The molecule has 110 valence electrons. The van der Waals surface area contributed by atoms with E-state index >= 15 is 0 Å². The molecule has 0 saturated carbocycles. The van der Waals surface area contributed by atoms with Crippen LogP contribution in [0.2, 0.25) is 5.02 Å². The lowest BCUT2D eigenvalue weighted by Gasteiger charge is -2.21. The summed E-state index contributed by atoms with van der Waals surface area (Å²) in [6.45, 7) is 2.75. The summed E-state index contributed by atoms with van der Waals surface area (Å²) in [6.07, 6.45) is 0. The van der Waals surface area contributed by atoms with E-state index in [0.29, 0.717) is 5.02 Å². The number of quaternary nitrogens is 1. The Bertz CT molecular complexity index is 583. The number of carbonyl (C=O) groups is 1. The van der Waals surface area contributed by atoms with E-state index in [0.717, 1.165) is 17.1 Å². The number of likely N-dealkylation sites (N-methyl/N-ethyl adjacent to an activating group) is 1. The Balaban J connectivity index is 1.93. The molecule has 0 radical (unpaired) electrons. The molecule has 4 heteroatoms. The van der Waals surface area contributed by atoms with Crippen LogP contribution in [-0.2, 0) is 11.3 Å². The van der Waals surface area contributed by atoms with Crippen molar-refractivity contribution >= 4 is 23.2 Å². The zero-order valence-corrected chi connectivity index (χ0v) is 13.0. The molecule has 0 fully saturated rings. The van der Waals surface area contributed by atoms with Gasteiger partial charge in [-0.3, -0.25) is 4.79 Å².